The van der Waals surface area contributed by atoms with Crippen molar-refractivity contribution >= 4 is 34.7 Å². The number of carbonyl (C=O) groups excluding carboxylic acids is 6. The molecule has 4 aromatic rings. The Morgan fingerprint density at radius 1 is 0.561 bits per heavy atom. The number of hydrogen-bond acceptors (Lipinski definition) is 27. The van der Waals surface area contributed by atoms with Crippen molar-refractivity contribution in [3.63, 3.8) is 0 Å². The topological polar surface area (TPSA) is 350 Å². The minimum atomic E-state index is -2.13. The van der Waals surface area contributed by atoms with Gasteiger partial charge in [-0.2, -0.15) is 0 Å². The average molecular weight is 1370 g/mol. The summed E-state index contributed by atoms with van der Waals surface area (Å²) in [5.41, 5.74) is -7.71. The molecule has 0 bridgehead atoms. The number of phenolic OH excluding ortho intramolecular Hbond substituents is 4. The lowest BCUT2D eigenvalue weighted by Crippen LogP contribution is -2.55. The van der Waals surface area contributed by atoms with E-state index in [1.54, 1.807) is 67.9 Å². The van der Waals surface area contributed by atoms with E-state index in [0.717, 1.165) is 0 Å². The number of morpholine rings is 2. The van der Waals surface area contributed by atoms with Gasteiger partial charge in [-0.1, -0.05) is 45.0 Å². The van der Waals surface area contributed by atoms with E-state index >= 15 is 0 Å². The van der Waals surface area contributed by atoms with Crippen molar-refractivity contribution in [2.75, 3.05) is 61.3 Å². The average Bonchev–Trinajstić information content (AvgIpc) is 0.976. The number of nitrogens with zero attached hydrogens (tertiary/aromatic N) is 2. The number of methoxy groups -OCH3 is 4. The van der Waals surface area contributed by atoms with Gasteiger partial charge in [-0.15, -0.1) is 0 Å². The molecule has 10 aliphatic rings. The van der Waals surface area contributed by atoms with Gasteiger partial charge in [0.2, 0.25) is 11.6 Å². The molecule has 16 atom stereocenters. The zero-order chi connectivity index (χ0) is 70.3. The maximum absolute atomic E-state index is 14.0. The molecule has 4 aromatic carbocycles. The van der Waals surface area contributed by atoms with Crippen LogP contribution in [0.5, 0.6) is 34.5 Å². The molecular formula is C71H84N2O25. The molecule has 528 valence electrons. The van der Waals surface area contributed by atoms with E-state index in [-0.39, 0.29) is 93.1 Å². The van der Waals surface area contributed by atoms with E-state index in [4.69, 9.17) is 61.6 Å². The Kier molecular flexibility index (Phi) is 18.2. The molecule has 27 nitrogen and oxygen atoms in total. The molecule has 4 aliphatic carbocycles. The highest BCUT2D eigenvalue weighted by molar-refractivity contribution is 6.32. The molecule has 0 spiro atoms. The van der Waals surface area contributed by atoms with Crippen LogP contribution in [0, 0.1) is 5.41 Å². The van der Waals surface area contributed by atoms with Gasteiger partial charge in [0.05, 0.1) is 90.8 Å². The van der Waals surface area contributed by atoms with Crippen molar-refractivity contribution in [3.05, 3.63) is 103 Å². The van der Waals surface area contributed by atoms with Crippen LogP contribution in [0.3, 0.4) is 0 Å². The summed E-state index contributed by atoms with van der Waals surface area (Å²) in [6.45, 7) is 15.7. The van der Waals surface area contributed by atoms with E-state index in [1.165, 1.54) is 38.5 Å². The van der Waals surface area contributed by atoms with Gasteiger partial charge in [-0.05, 0) is 46.8 Å². The van der Waals surface area contributed by atoms with Crippen molar-refractivity contribution in [2.45, 2.75) is 197 Å². The highest BCUT2D eigenvalue weighted by Crippen LogP contribution is 2.56. The predicted octanol–water partition coefficient (Wildman–Crippen LogP) is 5.30. The SMILES string of the molecule is COc1cccc2c1C(=O)c1c(O)c3c(c(O)c1C2=O)C[C@@](O)(C(=O)C(C)(C)C)C[C@@H]3O[C@H]1CC2[C@H](O[C@@H]3[C@@H](OC)OCCN23)[C@H](C)O1.COc1cccc2c1C(=O)c1c(O)c3c(c(O)c1C2=O)C[C@@](O)(C(=O)COC(C)(C)C)C[C@@H]3O[C@H]1CC2[C@H](O[C@@H]3[C@@H](OC)OCCN23)[C@H](C)O1. The maximum Gasteiger partial charge on any atom is 0.202 e. The summed E-state index contributed by atoms with van der Waals surface area (Å²) >= 11 is 0. The van der Waals surface area contributed by atoms with E-state index in [2.05, 4.69) is 9.80 Å². The lowest BCUT2D eigenvalue weighted by atomic mass is 9.68. The van der Waals surface area contributed by atoms with Gasteiger partial charge in [-0.25, -0.2) is 0 Å². The Morgan fingerprint density at radius 3 is 1.37 bits per heavy atom. The van der Waals surface area contributed by atoms with Crippen LogP contribution < -0.4 is 9.47 Å². The van der Waals surface area contributed by atoms with Crippen LogP contribution in [0.2, 0.25) is 0 Å². The number of rotatable bonds is 12. The molecule has 0 amide bonds. The molecule has 6 N–H and O–H groups in total. The highest BCUT2D eigenvalue weighted by atomic mass is 16.7. The predicted molar refractivity (Wildman–Crippen MR) is 338 cm³/mol. The summed E-state index contributed by atoms with van der Waals surface area (Å²) in [4.78, 5) is 87.5. The second kappa shape index (κ2) is 25.6. The largest absolute Gasteiger partial charge is 0.507 e. The molecular weight excluding hydrogens is 1280 g/mol. The Hall–Kier alpha value is -6.90. The smallest absolute Gasteiger partial charge is 0.202 e. The number of Topliss-reactive ketones (excluding diaryl/α,β-unsaturated/α-hetero) is 2. The monoisotopic (exact) mass is 1360 g/mol. The van der Waals surface area contributed by atoms with Gasteiger partial charge >= 0.3 is 0 Å². The molecule has 6 saturated heterocycles. The van der Waals surface area contributed by atoms with Gasteiger partial charge in [0, 0.05) is 117 Å². The summed E-state index contributed by atoms with van der Waals surface area (Å²) in [6, 6.07) is 8.72. The standard InChI is InChI=1S/C36H43NO13.C35H41NO12/c1-16-32-19(37-10-11-46-34(45-6)33(37)50-32)12-23(48-16)49-21-14-36(43,22(38)15-47-35(2,3)4)13-18-25(21)31(42)27-26(29(18)40)28(39)17-8-7-9-20(44-5)24(17)30(27)41;1-15-30-18(36-10-11-45-32(44-6)31(36)48-30)12-21(46-15)47-20-14-35(42,33(41)34(2,3)4)13-17-23(20)29(40)25-24(27(17)38)26(37)16-8-7-9-19(43-5)22(16)28(25)39/h7-9,16,19,21,23,32-34,40,42-43H,10-15H2,1-6H3;7-9,15,18,20-21,30-32,38,40,42H,10-14H2,1-6H3/t16-,19?,21-,23-,32+,33+,34-,36-;15-,18?,20-,21-,30+,31+,32-,35-/m00/s1. The van der Waals surface area contributed by atoms with Gasteiger partial charge in [0.1, 0.15) is 64.5 Å². The zero-order valence-electron chi connectivity index (χ0n) is 56.7. The van der Waals surface area contributed by atoms with E-state index < -0.39 is 184 Å². The molecule has 0 aromatic heterocycles. The minimum Gasteiger partial charge on any atom is -0.507 e. The number of carbonyl (C=O) groups is 6. The quantitative estimate of drug-likeness (QED) is 0.0847. The van der Waals surface area contributed by atoms with E-state index in [1.807, 2.05) is 13.8 Å². The van der Waals surface area contributed by atoms with Crippen molar-refractivity contribution in [1.82, 2.24) is 9.80 Å². The fourth-order valence-corrected chi connectivity index (χ4v) is 16.2. The van der Waals surface area contributed by atoms with Crippen LogP contribution in [0.1, 0.15) is 179 Å². The van der Waals surface area contributed by atoms with Crippen molar-refractivity contribution in [1.29, 1.82) is 0 Å². The third-order valence-electron chi connectivity index (χ3n) is 20.6. The summed E-state index contributed by atoms with van der Waals surface area (Å²) in [6.07, 6.45) is -8.77. The summed E-state index contributed by atoms with van der Waals surface area (Å²) in [5.74, 6) is -6.14. The number of aliphatic hydroxyl groups is 2. The van der Waals surface area contributed by atoms with Crippen LogP contribution in [0.15, 0.2) is 36.4 Å². The number of ether oxygens (including phenoxy) is 13. The normalized spacial score (nSPS) is 32.5. The van der Waals surface area contributed by atoms with E-state index in [9.17, 15) is 59.4 Å². The molecule has 14 rings (SSSR count). The van der Waals surface area contributed by atoms with Crippen molar-refractivity contribution in [3.8, 4) is 34.5 Å². The second-order valence-electron chi connectivity index (χ2n) is 28.8. The van der Waals surface area contributed by atoms with Gasteiger partial charge in [-0.3, -0.25) is 38.6 Å². The molecule has 6 heterocycles. The van der Waals surface area contributed by atoms with Crippen LogP contribution >= 0.6 is 0 Å². The maximum atomic E-state index is 14.0. The van der Waals surface area contributed by atoms with Gasteiger partial charge in [0.15, 0.2) is 60.7 Å². The molecule has 6 aliphatic heterocycles. The fourth-order valence-electron chi connectivity index (χ4n) is 16.2. The first-order chi connectivity index (χ1) is 46.4. The third kappa shape index (κ3) is 11.5. The molecule has 27 heteroatoms. The van der Waals surface area contributed by atoms with Crippen molar-refractivity contribution < 1.29 is 121 Å². The number of aromatic hydroxyl groups is 4. The molecule has 0 radical (unpaired) electrons. The second-order valence-corrected chi connectivity index (χ2v) is 28.8. The molecule has 2 unspecified atom stereocenters. The van der Waals surface area contributed by atoms with Crippen LogP contribution in [0.4, 0.5) is 0 Å². The van der Waals surface area contributed by atoms with Gasteiger partial charge in [0.25, 0.3) is 0 Å². The van der Waals surface area contributed by atoms with Crippen LogP contribution in [-0.4, -0.2) is 227 Å². The number of benzene rings is 4. The van der Waals surface area contributed by atoms with Crippen LogP contribution in [0.25, 0.3) is 0 Å². The summed E-state index contributed by atoms with van der Waals surface area (Å²) in [7, 11) is 5.83. The Morgan fingerprint density at radius 2 is 0.969 bits per heavy atom. The highest BCUT2D eigenvalue weighted by Gasteiger charge is 2.59. The zero-order valence-corrected chi connectivity index (χ0v) is 56.7. The fraction of sp³-hybridized carbons (Fsp3) is 0.577. The molecule has 98 heavy (non-hydrogen) atoms. The first-order valence-corrected chi connectivity index (χ1v) is 33.0. The van der Waals surface area contributed by atoms with Crippen molar-refractivity contribution in [2.24, 2.45) is 5.41 Å². The lowest BCUT2D eigenvalue weighted by molar-refractivity contribution is -0.256. The first-order valence-electron chi connectivity index (χ1n) is 33.0. The minimum absolute atomic E-state index is 0.00111. The third-order valence-corrected chi connectivity index (χ3v) is 20.6. The molecule has 0 saturated carbocycles. The Labute approximate surface area is 564 Å². The number of phenols is 4. The first kappa shape index (κ1) is 69.6. The number of fused-ring (bicyclic) bond motifs is 12. The Bertz CT molecular complexity index is 3930. The number of ketones is 6. The molecule has 6 fully saturated rings. The summed E-state index contributed by atoms with van der Waals surface area (Å²) in [5, 5.41) is 71.4. The number of hydrogen-bond donors (Lipinski definition) is 6. The van der Waals surface area contributed by atoms with E-state index in [0.29, 0.717) is 39.1 Å². The summed E-state index contributed by atoms with van der Waals surface area (Å²) < 4.78 is 77.2. The van der Waals surface area contributed by atoms with Crippen LogP contribution in [-0.2, 0) is 74.5 Å². The lowest BCUT2D eigenvalue weighted by Gasteiger charge is -2.44. The van der Waals surface area contributed by atoms with Gasteiger partial charge < -0.3 is 92.2 Å². The Balaban J connectivity index is 0.000000177.